The Morgan fingerprint density at radius 3 is 2.50 bits per heavy atom. The first-order valence-electron chi connectivity index (χ1n) is 2.98. The van der Waals surface area contributed by atoms with Crippen molar-refractivity contribution in [2.24, 2.45) is 7.05 Å². The molecule has 1 N–H and O–H groups in total. The summed E-state index contributed by atoms with van der Waals surface area (Å²) in [6.45, 7) is 1.78. The molecule has 1 aromatic rings. The molecule has 0 atom stereocenters. The third kappa shape index (κ3) is 0.900. The quantitative estimate of drug-likeness (QED) is 0.631. The number of nitrogens with zero attached hydrogens (tertiary/aromatic N) is 1. The Hall–Kier alpha value is -1.25. The predicted octanol–water partition coefficient (Wildman–Crippen LogP) is 1.03. The molecule has 1 rings (SSSR count). The van der Waals surface area contributed by atoms with Crippen LogP contribution in [0.15, 0.2) is 12.3 Å². The maximum absolute atomic E-state index is 10.5. The van der Waals surface area contributed by atoms with Gasteiger partial charge in [0.2, 0.25) is 0 Å². The minimum absolute atomic E-state index is 0.361. The van der Waals surface area contributed by atoms with Gasteiger partial charge < -0.3 is 9.67 Å². The fourth-order valence-corrected chi connectivity index (χ4v) is 0.975. The van der Waals surface area contributed by atoms with Gasteiger partial charge in [-0.1, -0.05) is 0 Å². The van der Waals surface area contributed by atoms with Crippen LogP contribution in [0.2, 0.25) is 0 Å². The molecule has 0 aliphatic rings. The fourth-order valence-electron chi connectivity index (χ4n) is 0.975. The van der Waals surface area contributed by atoms with E-state index < -0.39 is 5.97 Å². The van der Waals surface area contributed by atoms with Gasteiger partial charge in [-0.15, -0.1) is 0 Å². The molecule has 54 valence electrons. The molecule has 3 heteroatoms. The van der Waals surface area contributed by atoms with E-state index in [9.17, 15) is 4.79 Å². The van der Waals surface area contributed by atoms with E-state index in [1.165, 1.54) is 0 Å². The van der Waals surface area contributed by atoms with Crippen molar-refractivity contribution in [2.45, 2.75) is 6.92 Å². The van der Waals surface area contributed by atoms with Gasteiger partial charge >= 0.3 is 5.97 Å². The normalized spacial score (nSPS) is 9.80. The third-order valence-electron chi connectivity index (χ3n) is 1.48. The van der Waals surface area contributed by atoms with Crippen molar-refractivity contribution in [2.75, 3.05) is 0 Å². The minimum atomic E-state index is -0.870. The van der Waals surface area contributed by atoms with E-state index in [1.54, 1.807) is 30.8 Å². The number of aromatic nitrogens is 1. The fraction of sp³-hybridized carbons (Fsp3) is 0.286. The zero-order chi connectivity index (χ0) is 7.72. The lowest BCUT2D eigenvalue weighted by atomic mass is 10.3. The average Bonchev–Trinajstić information content (AvgIpc) is 2.11. The highest BCUT2D eigenvalue weighted by atomic mass is 16.4. The molecule has 0 bridgehead atoms. The van der Waals surface area contributed by atoms with E-state index in [0.717, 1.165) is 5.56 Å². The number of hydrogen-bond donors (Lipinski definition) is 1. The van der Waals surface area contributed by atoms with Crippen molar-refractivity contribution >= 4 is 5.97 Å². The molecule has 0 amide bonds. The minimum Gasteiger partial charge on any atom is -0.477 e. The van der Waals surface area contributed by atoms with Crippen LogP contribution in [0.5, 0.6) is 0 Å². The lowest BCUT2D eigenvalue weighted by molar-refractivity contribution is 0.0686. The lowest BCUT2D eigenvalue weighted by Crippen LogP contribution is -2.04. The maximum atomic E-state index is 10.5. The van der Waals surface area contributed by atoms with E-state index in [1.807, 2.05) is 0 Å². The molecule has 0 saturated carbocycles. The summed E-state index contributed by atoms with van der Waals surface area (Å²) >= 11 is 0. The average molecular weight is 139 g/mol. The summed E-state index contributed by atoms with van der Waals surface area (Å²) in [5.74, 6) is -0.870. The maximum Gasteiger partial charge on any atom is 0.352 e. The second-order valence-corrected chi connectivity index (χ2v) is 2.26. The van der Waals surface area contributed by atoms with Gasteiger partial charge in [0.15, 0.2) is 0 Å². The summed E-state index contributed by atoms with van der Waals surface area (Å²) in [4.78, 5) is 10.5. The lowest BCUT2D eigenvalue weighted by Gasteiger charge is -1.96. The number of carboxylic acids is 1. The van der Waals surface area contributed by atoms with Gasteiger partial charge in [0.05, 0.1) is 0 Å². The summed E-state index contributed by atoms with van der Waals surface area (Å²) in [7, 11) is 1.72. The summed E-state index contributed by atoms with van der Waals surface area (Å²) in [5.41, 5.74) is 1.16. The van der Waals surface area contributed by atoms with E-state index in [0.29, 0.717) is 5.69 Å². The highest BCUT2D eigenvalue weighted by Gasteiger charge is 2.09. The molecular formula is C7H9NO2. The van der Waals surface area contributed by atoms with Crippen molar-refractivity contribution in [1.82, 2.24) is 4.57 Å². The van der Waals surface area contributed by atoms with Gasteiger partial charge in [0.1, 0.15) is 5.69 Å². The standard InChI is InChI=1S/C7H9NO2/c1-5-3-4-8(2)6(5)7(9)10/h3-4H,1-2H3,(H,9,10). The zero-order valence-corrected chi connectivity index (χ0v) is 5.96. The van der Waals surface area contributed by atoms with Gasteiger partial charge in [0.25, 0.3) is 0 Å². The molecule has 0 saturated heterocycles. The number of aryl methyl sites for hydroxylation is 2. The Bertz CT molecular complexity index is 243. The number of hydrogen-bond acceptors (Lipinski definition) is 1. The zero-order valence-electron chi connectivity index (χ0n) is 5.96. The van der Waals surface area contributed by atoms with Crippen LogP contribution in [-0.4, -0.2) is 15.6 Å². The van der Waals surface area contributed by atoms with Gasteiger partial charge in [-0.05, 0) is 18.6 Å². The molecule has 0 radical (unpaired) electrons. The Morgan fingerprint density at radius 1 is 1.70 bits per heavy atom. The van der Waals surface area contributed by atoms with Gasteiger partial charge in [0, 0.05) is 13.2 Å². The first-order valence-corrected chi connectivity index (χ1v) is 2.98. The molecule has 1 heterocycles. The van der Waals surface area contributed by atoms with Crippen LogP contribution in [0.3, 0.4) is 0 Å². The largest absolute Gasteiger partial charge is 0.477 e. The Labute approximate surface area is 58.9 Å². The van der Waals surface area contributed by atoms with Crippen LogP contribution < -0.4 is 0 Å². The Morgan fingerprint density at radius 2 is 2.30 bits per heavy atom. The van der Waals surface area contributed by atoms with Crippen LogP contribution >= 0.6 is 0 Å². The molecule has 3 nitrogen and oxygen atoms in total. The smallest absolute Gasteiger partial charge is 0.352 e. The monoisotopic (exact) mass is 139 g/mol. The number of rotatable bonds is 1. The molecular weight excluding hydrogens is 130 g/mol. The summed E-state index contributed by atoms with van der Waals surface area (Å²) in [5, 5.41) is 8.61. The third-order valence-corrected chi connectivity index (χ3v) is 1.48. The molecule has 0 aliphatic carbocycles. The topological polar surface area (TPSA) is 42.2 Å². The highest BCUT2D eigenvalue weighted by molar-refractivity contribution is 5.87. The van der Waals surface area contributed by atoms with Gasteiger partial charge in [-0.25, -0.2) is 4.79 Å². The predicted molar refractivity (Wildman–Crippen MR) is 37.1 cm³/mol. The summed E-state index contributed by atoms with van der Waals surface area (Å²) < 4.78 is 1.59. The van der Waals surface area contributed by atoms with Crippen molar-refractivity contribution in [3.63, 3.8) is 0 Å². The van der Waals surface area contributed by atoms with Crippen LogP contribution in [0.25, 0.3) is 0 Å². The second-order valence-electron chi connectivity index (χ2n) is 2.26. The van der Waals surface area contributed by atoms with Gasteiger partial charge in [-0.2, -0.15) is 0 Å². The molecule has 0 spiro atoms. The van der Waals surface area contributed by atoms with Crippen molar-refractivity contribution in [1.29, 1.82) is 0 Å². The van der Waals surface area contributed by atoms with Crippen molar-refractivity contribution < 1.29 is 9.90 Å². The highest BCUT2D eigenvalue weighted by Crippen LogP contribution is 2.06. The van der Waals surface area contributed by atoms with Crippen LogP contribution in [0.4, 0.5) is 0 Å². The van der Waals surface area contributed by atoms with E-state index in [4.69, 9.17) is 5.11 Å². The first kappa shape index (κ1) is 6.86. The first-order chi connectivity index (χ1) is 4.63. The molecule has 0 fully saturated rings. The number of carbonyl (C=O) groups is 1. The van der Waals surface area contributed by atoms with Crippen LogP contribution in [0.1, 0.15) is 16.1 Å². The van der Waals surface area contributed by atoms with E-state index in [-0.39, 0.29) is 0 Å². The summed E-state index contributed by atoms with van der Waals surface area (Å²) in [6.07, 6.45) is 1.73. The Balaban J connectivity index is 3.23. The van der Waals surface area contributed by atoms with Gasteiger partial charge in [-0.3, -0.25) is 0 Å². The molecule has 1 aromatic heterocycles. The summed E-state index contributed by atoms with van der Waals surface area (Å²) in [6, 6.07) is 1.78. The molecule has 10 heavy (non-hydrogen) atoms. The number of aromatic carboxylic acids is 1. The number of carboxylic acid groups (broad SMARTS) is 1. The second kappa shape index (κ2) is 2.17. The van der Waals surface area contributed by atoms with E-state index in [2.05, 4.69) is 0 Å². The molecule has 0 aliphatic heterocycles. The Kier molecular flexibility index (Phi) is 1.49. The van der Waals surface area contributed by atoms with E-state index >= 15 is 0 Å². The SMILES string of the molecule is Cc1ccn(C)c1C(=O)O. The van der Waals surface area contributed by atoms with Crippen LogP contribution in [-0.2, 0) is 7.05 Å². The molecule has 0 aromatic carbocycles. The van der Waals surface area contributed by atoms with Crippen molar-refractivity contribution in [3.8, 4) is 0 Å². The van der Waals surface area contributed by atoms with Crippen molar-refractivity contribution in [3.05, 3.63) is 23.5 Å². The van der Waals surface area contributed by atoms with Crippen LogP contribution in [0, 0.1) is 6.92 Å². The molecule has 0 unspecified atom stereocenters.